The number of benzene rings is 3. The molecule has 1 atom stereocenters. The minimum atomic E-state index is -0.228. The lowest BCUT2D eigenvalue weighted by molar-refractivity contribution is 0.0605. The summed E-state index contributed by atoms with van der Waals surface area (Å²) in [5, 5.41) is 0.643. The number of halogens is 1. The molecule has 0 aliphatic heterocycles. The van der Waals surface area contributed by atoms with Gasteiger partial charge in [0.25, 0.3) is 5.91 Å². The summed E-state index contributed by atoms with van der Waals surface area (Å²) < 4.78 is 2.22. The summed E-state index contributed by atoms with van der Waals surface area (Å²) in [6.45, 7) is 6.00. The van der Waals surface area contributed by atoms with E-state index < -0.39 is 0 Å². The van der Waals surface area contributed by atoms with Gasteiger partial charge in [0, 0.05) is 23.7 Å². The highest BCUT2D eigenvalue weighted by atomic mass is 35.5. The van der Waals surface area contributed by atoms with E-state index >= 15 is 0 Å². The molecule has 176 valence electrons. The zero-order chi connectivity index (χ0) is 24.1. The molecule has 0 aliphatic carbocycles. The van der Waals surface area contributed by atoms with Crippen LogP contribution >= 0.6 is 11.6 Å². The highest BCUT2D eigenvalue weighted by Crippen LogP contribution is 2.33. The first-order valence-electron chi connectivity index (χ1n) is 11.7. The lowest BCUT2D eigenvalue weighted by Crippen LogP contribution is -2.40. The quantitative estimate of drug-likeness (QED) is 0.327. The van der Waals surface area contributed by atoms with Gasteiger partial charge in [-0.3, -0.25) is 4.79 Å². The highest BCUT2D eigenvalue weighted by molar-refractivity contribution is 6.31. The van der Waals surface area contributed by atoms with Crippen LogP contribution in [0.2, 0.25) is 5.02 Å². The van der Waals surface area contributed by atoms with Crippen LogP contribution in [0.15, 0.2) is 78.9 Å². The topological polar surface area (TPSA) is 64.2 Å². The minimum Gasteiger partial charge on any atom is -0.330 e. The number of rotatable bonds is 9. The van der Waals surface area contributed by atoms with E-state index in [0.717, 1.165) is 16.9 Å². The summed E-state index contributed by atoms with van der Waals surface area (Å²) in [6.07, 6.45) is 0.715. The number of amides is 1. The molecule has 1 heterocycles. The molecule has 0 aliphatic rings. The zero-order valence-electron chi connectivity index (χ0n) is 19.7. The lowest BCUT2D eigenvalue weighted by Gasteiger charge is -2.34. The number of fused-ring (bicyclic) bond motifs is 1. The third-order valence-corrected chi connectivity index (χ3v) is 6.27. The Morgan fingerprint density at radius 2 is 1.71 bits per heavy atom. The fraction of sp³-hybridized carbons (Fsp3) is 0.286. The van der Waals surface area contributed by atoms with Crippen molar-refractivity contribution in [3.8, 4) is 0 Å². The molecule has 1 amide bonds. The van der Waals surface area contributed by atoms with Crippen LogP contribution in [-0.4, -0.2) is 33.4 Å². The lowest BCUT2D eigenvalue weighted by atomic mass is 9.99. The van der Waals surface area contributed by atoms with E-state index in [9.17, 15) is 4.79 Å². The second-order valence-electron chi connectivity index (χ2n) is 8.87. The molecule has 0 spiro atoms. The van der Waals surface area contributed by atoms with Gasteiger partial charge in [-0.2, -0.15) is 0 Å². The van der Waals surface area contributed by atoms with Crippen LogP contribution in [0.1, 0.15) is 48.1 Å². The molecule has 6 heteroatoms. The van der Waals surface area contributed by atoms with Gasteiger partial charge in [0.2, 0.25) is 0 Å². The number of hydrogen-bond acceptors (Lipinski definition) is 3. The molecule has 5 nitrogen and oxygen atoms in total. The molecular weight excluding hydrogens is 444 g/mol. The minimum absolute atomic E-state index is 0.0101. The van der Waals surface area contributed by atoms with E-state index in [2.05, 4.69) is 30.5 Å². The van der Waals surface area contributed by atoms with Crippen molar-refractivity contribution in [1.82, 2.24) is 14.5 Å². The van der Waals surface area contributed by atoms with Crippen molar-refractivity contribution in [3.05, 3.63) is 101 Å². The normalized spacial score (nSPS) is 12.3. The van der Waals surface area contributed by atoms with Gasteiger partial charge < -0.3 is 15.2 Å². The fourth-order valence-electron chi connectivity index (χ4n) is 4.45. The first-order valence-corrected chi connectivity index (χ1v) is 12.1. The Kier molecular flexibility index (Phi) is 7.66. The average molecular weight is 475 g/mol. The Morgan fingerprint density at radius 3 is 2.35 bits per heavy atom. The van der Waals surface area contributed by atoms with Gasteiger partial charge in [0.15, 0.2) is 0 Å². The van der Waals surface area contributed by atoms with Crippen LogP contribution in [0.5, 0.6) is 0 Å². The standard InChI is InChI=1S/C28H31ClN4O/c1-20(2)26(32(17-9-16-30)28(34)22-12-7-4-8-13-22)27-31-24-18-23(29)14-15-25(24)33(27)19-21-10-5-3-6-11-21/h3-8,10-15,18,20,26H,9,16-17,19,30H2,1-2H3. The van der Waals surface area contributed by atoms with Crippen LogP contribution < -0.4 is 5.73 Å². The van der Waals surface area contributed by atoms with Gasteiger partial charge in [0.05, 0.1) is 17.1 Å². The Morgan fingerprint density at radius 1 is 1.03 bits per heavy atom. The number of carbonyl (C=O) groups is 1. The molecule has 4 rings (SSSR count). The SMILES string of the molecule is CC(C)C(c1nc2cc(Cl)ccc2n1Cc1ccccc1)N(CCCN)C(=O)c1ccccc1. The third-order valence-electron chi connectivity index (χ3n) is 6.04. The smallest absolute Gasteiger partial charge is 0.254 e. The van der Waals surface area contributed by atoms with Gasteiger partial charge in [-0.15, -0.1) is 0 Å². The molecule has 0 radical (unpaired) electrons. The van der Waals surface area contributed by atoms with Crippen LogP contribution in [0.3, 0.4) is 0 Å². The zero-order valence-corrected chi connectivity index (χ0v) is 20.4. The Balaban J connectivity index is 1.86. The van der Waals surface area contributed by atoms with Gasteiger partial charge in [-0.1, -0.05) is 74.0 Å². The summed E-state index contributed by atoms with van der Waals surface area (Å²) in [5.41, 5.74) is 9.53. The van der Waals surface area contributed by atoms with Crippen molar-refractivity contribution >= 4 is 28.5 Å². The first kappa shape index (κ1) is 24.0. The van der Waals surface area contributed by atoms with E-state index in [-0.39, 0.29) is 17.9 Å². The van der Waals surface area contributed by atoms with E-state index in [1.54, 1.807) is 0 Å². The maximum absolute atomic E-state index is 13.7. The molecule has 4 aromatic rings. The van der Waals surface area contributed by atoms with Crippen molar-refractivity contribution in [2.75, 3.05) is 13.1 Å². The van der Waals surface area contributed by atoms with E-state index in [1.165, 1.54) is 5.56 Å². The van der Waals surface area contributed by atoms with E-state index in [1.807, 2.05) is 71.6 Å². The summed E-state index contributed by atoms with van der Waals surface area (Å²) >= 11 is 6.32. The number of aromatic nitrogens is 2. The van der Waals surface area contributed by atoms with Gasteiger partial charge in [-0.05, 0) is 54.8 Å². The number of carbonyl (C=O) groups excluding carboxylic acids is 1. The van der Waals surface area contributed by atoms with Crippen molar-refractivity contribution < 1.29 is 4.79 Å². The van der Waals surface area contributed by atoms with Crippen LogP contribution in [0.25, 0.3) is 11.0 Å². The fourth-order valence-corrected chi connectivity index (χ4v) is 4.62. The molecule has 3 aromatic carbocycles. The summed E-state index contributed by atoms with van der Waals surface area (Å²) in [7, 11) is 0. The Hall–Kier alpha value is -3.15. The van der Waals surface area contributed by atoms with Crippen molar-refractivity contribution in [2.45, 2.75) is 32.9 Å². The van der Waals surface area contributed by atoms with Gasteiger partial charge >= 0.3 is 0 Å². The van der Waals surface area contributed by atoms with Crippen molar-refractivity contribution in [2.24, 2.45) is 11.7 Å². The number of hydrogen-bond donors (Lipinski definition) is 1. The molecule has 2 N–H and O–H groups in total. The van der Waals surface area contributed by atoms with E-state index in [4.69, 9.17) is 22.3 Å². The number of nitrogens with two attached hydrogens (primary N) is 1. The van der Waals surface area contributed by atoms with Crippen LogP contribution in [0, 0.1) is 5.92 Å². The average Bonchev–Trinajstić information content (AvgIpc) is 3.18. The first-order chi connectivity index (χ1) is 16.5. The Labute approximate surface area is 206 Å². The predicted octanol–water partition coefficient (Wildman–Crippen LogP) is 5.93. The highest BCUT2D eigenvalue weighted by Gasteiger charge is 2.32. The molecule has 0 saturated heterocycles. The maximum atomic E-state index is 13.7. The second kappa shape index (κ2) is 10.9. The summed E-state index contributed by atoms with van der Waals surface area (Å²) in [4.78, 5) is 20.7. The van der Waals surface area contributed by atoms with Crippen molar-refractivity contribution in [3.63, 3.8) is 0 Å². The largest absolute Gasteiger partial charge is 0.330 e. The second-order valence-corrected chi connectivity index (χ2v) is 9.31. The number of nitrogens with zero attached hydrogens (tertiary/aromatic N) is 3. The Bertz CT molecular complexity index is 1240. The van der Waals surface area contributed by atoms with E-state index in [0.29, 0.717) is 36.6 Å². The van der Waals surface area contributed by atoms with Crippen LogP contribution in [-0.2, 0) is 6.54 Å². The van der Waals surface area contributed by atoms with Crippen LogP contribution in [0.4, 0.5) is 0 Å². The third kappa shape index (κ3) is 5.16. The number of imidazole rings is 1. The molecule has 0 fully saturated rings. The van der Waals surface area contributed by atoms with Crippen molar-refractivity contribution in [1.29, 1.82) is 0 Å². The summed E-state index contributed by atoms with van der Waals surface area (Å²) in [6, 6.07) is 25.3. The summed E-state index contributed by atoms with van der Waals surface area (Å²) in [5.74, 6) is 0.980. The molecule has 34 heavy (non-hydrogen) atoms. The molecule has 0 saturated carbocycles. The van der Waals surface area contributed by atoms with Gasteiger partial charge in [0.1, 0.15) is 5.82 Å². The maximum Gasteiger partial charge on any atom is 0.254 e. The van der Waals surface area contributed by atoms with Gasteiger partial charge in [-0.25, -0.2) is 4.98 Å². The monoisotopic (exact) mass is 474 g/mol. The molecule has 1 aromatic heterocycles. The molecule has 1 unspecified atom stereocenters. The molecular formula is C28H31ClN4O. The molecule has 0 bridgehead atoms. The predicted molar refractivity (Wildman–Crippen MR) is 139 cm³/mol.